The van der Waals surface area contributed by atoms with Gasteiger partial charge in [0.1, 0.15) is 0 Å². The van der Waals surface area contributed by atoms with E-state index in [4.69, 9.17) is 11.6 Å². The second-order valence-electron chi connectivity index (χ2n) is 5.06. The molecule has 0 aliphatic carbocycles. The summed E-state index contributed by atoms with van der Waals surface area (Å²) in [6.07, 6.45) is 0. The van der Waals surface area contributed by atoms with Gasteiger partial charge in [-0.15, -0.1) is 0 Å². The third kappa shape index (κ3) is 2.95. The van der Waals surface area contributed by atoms with Crippen LogP contribution in [0.3, 0.4) is 0 Å². The molecule has 21 heavy (non-hydrogen) atoms. The monoisotopic (exact) mass is 344 g/mol. The molecule has 0 saturated carbocycles. The molecule has 0 N–H and O–H groups in total. The van der Waals surface area contributed by atoms with E-state index in [0.717, 1.165) is 5.69 Å². The highest BCUT2D eigenvalue weighted by Crippen LogP contribution is 2.41. The van der Waals surface area contributed by atoms with Gasteiger partial charge in [0.2, 0.25) is 5.91 Å². The van der Waals surface area contributed by atoms with Crippen LogP contribution in [-0.2, 0) is 14.6 Å². The molecule has 2 atom stereocenters. The average Bonchev–Trinajstić information content (AvgIpc) is 2.79. The van der Waals surface area contributed by atoms with Crippen molar-refractivity contribution in [2.24, 2.45) is 4.99 Å². The summed E-state index contributed by atoms with van der Waals surface area (Å²) in [4.78, 5) is 17.2. The number of carbonyl (C=O) groups excluding carboxylic acids is 1. The van der Waals surface area contributed by atoms with Crippen molar-refractivity contribution in [1.29, 1.82) is 0 Å². The van der Waals surface area contributed by atoms with Gasteiger partial charge in [0.15, 0.2) is 15.0 Å². The minimum Gasteiger partial charge on any atom is -0.316 e. The van der Waals surface area contributed by atoms with E-state index in [9.17, 15) is 13.2 Å². The van der Waals surface area contributed by atoms with Gasteiger partial charge in [0, 0.05) is 22.9 Å². The van der Waals surface area contributed by atoms with E-state index >= 15 is 0 Å². The van der Waals surface area contributed by atoms with E-state index in [1.807, 2.05) is 11.0 Å². The molecule has 2 fully saturated rings. The minimum absolute atomic E-state index is 0.0775. The fourth-order valence-corrected chi connectivity index (χ4v) is 6.77. The summed E-state index contributed by atoms with van der Waals surface area (Å²) >= 11 is 7.37. The number of hydrogen-bond acceptors (Lipinski definition) is 4. The van der Waals surface area contributed by atoms with Crippen LogP contribution in [0.5, 0.6) is 0 Å². The molecule has 112 valence electrons. The fourth-order valence-electron chi connectivity index (χ4n) is 2.63. The van der Waals surface area contributed by atoms with Gasteiger partial charge in [0.25, 0.3) is 0 Å². The number of amidine groups is 1. The normalized spacial score (nSPS) is 28.9. The van der Waals surface area contributed by atoms with Gasteiger partial charge in [-0.25, -0.2) is 8.42 Å². The standard InChI is InChI=1S/C13H13ClN2O3S2/c1-8(17)15-13-16(10-4-2-3-9(14)5-10)11-6-21(18,19)7-12(11)20-13/h2-5,11-12H,6-7H2,1H3. The molecule has 8 heteroatoms. The molecule has 2 aliphatic rings. The Hall–Kier alpha value is -1.05. The Bertz CT molecular complexity index is 733. The third-order valence-corrected chi connectivity index (χ3v) is 6.85. The van der Waals surface area contributed by atoms with Gasteiger partial charge in [-0.2, -0.15) is 4.99 Å². The van der Waals surface area contributed by atoms with Crippen LogP contribution in [0.15, 0.2) is 29.3 Å². The number of hydrogen-bond donors (Lipinski definition) is 0. The van der Waals surface area contributed by atoms with Crippen molar-refractivity contribution in [2.45, 2.75) is 18.2 Å². The molecule has 3 rings (SSSR count). The highest BCUT2D eigenvalue weighted by molar-refractivity contribution is 8.16. The number of aliphatic imine (C=N–C) groups is 1. The number of halogens is 1. The van der Waals surface area contributed by atoms with Gasteiger partial charge in [-0.1, -0.05) is 29.4 Å². The second-order valence-corrected chi connectivity index (χ2v) is 8.86. The summed E-state index contributed by atoms with van der Waals surface area (Å²) < 4.78 is 23.7. The van der Waals surface area contributed by atoms with E-state index in [1.54, 1.807) is 18.2 Å². The maximum Gasteiger partial charge on any atom is 0.244 e. The number of fused-ring (bicyclic) bond motifs is 1. The van der Waals surface area contributed by atoms with Crippen LogP contribution in [0.25, 0.3) is 0 Å². The molecule has 1 aromatic carbocycles. The molecule has 1 aromatic rings. The first kappa shape index (κ1) is 14.9. The lowest BCUT2D eigenvalue weighted by atomic mass is 10.2. The zero-order valence-electron chi connectivity index (χ0n) is 11.2. The molecular formula is C13H13ClN2O3S2. The Morgan fingerprint density at radius 1 is 1.43 bits per heavy atom. The predicted octanol–water partition coefficient (Wildman–Crippen LogP) is 1.96. The van der Waals surface area contributed by atoms with E-state index in [-0.39, 0.29) is 28.7 Å². The van der Waals surface area contributed by atoms with Gasteiger partial charge in [-0.3, -0.25) is 4.79 Å². The van der Waals surface area contributed by atoms with Crippen molar-refractivity contribution in [2.75, 3.05) is 16.4 Å². The van der Waals surface area contributed by atoms with Crippen molar-refractivity contribution in [3.05, 3.63) is 29.3 Å². The fraction of sp³-hybridized carbons (Fsp3) is 0.385. The van der Waals surface area contributed by atoms with Crippen molar-refractivity contribution in [3.63, 3.8) is 0 Å². The number of carbonyl (C=O) groups is 1. The summed E-state index contributed by atoms with van der Waals surface area (Å²) in [7, 11) is -3.04. The molecule has 0 spiro atoms. The molecule has 0 bridgehead atoms. The highest BCUT2D eigenvalue weighted by atomic mass is 35.5. The van der Waals surface area contributed by atoms with Crippen molar-refractivity contribution < 1.29 is 13.2 Å². The largest absolute Gasteiger partial charge is 0.316 e. The molecule has 0 aromatic heterocycles. The molecule has 2 heterocycles. The number of sulfone groups is 1. The number of thioether (sulfide) groups is 1. The lowest BCUT2D eigenvalue weighted by molar-refractivity contribution is -0.115. The minimum atomic E-state index is -3.04. The van der Waals surface area contributed by atoms with Crippen molar-refractivity contribution in [3.8, 4) is 0 Å². The van der Waals surface area contributed by atoms with Crippen LogP contribution >= 0.6 is 23.4 Å². The molecule has 0 radical (unpaired) electrons. The van der Waals surface area contributed by atoms with E-state index in [1.165, 1.54) is 18.7 Å². The summed E-state index contributed by atoms with van der Waals surface area (Å²) in [5, 5.41) is 1.02. The van der Waals surface area contributed by atoms with Gasteiger partial charge >= 0.3 is 0 Å². The summed E-state index contributed by atoms with van der Waals surface area (Å²) in [6, 6.07) is 6.95. The quantitative estimate of drug-likeness (QED) is 0.779. The Morgan fingerprint density at radius 2 is 2.19 bits per heavy atom. The van der Waals surface area contributed by atoms with Crippen LogP contribution in [0.1, 0.15) is 6.92 Å². The van der Waals surface area contributed by atoms with Gasteiger partial charge in [0.05, 0.1) is 17.5 Å². The molecule has 2 unspecified atom stereocenters. The van der Waals surface area contributed by atoms with E-state index in [0.29, 0.717) is 10.2 Å². The third-order valence-electron chi connectivity index (χ3n) is 3.41. The summed E-state index contributed by atoms with van der Waals surface area (Å²) in [6.45, 7) is 1.38. The SMILES string of the molecule is CC(=O)N=C1SC2CS(=O)(=O)CC2N1c1cccc(Cl)c1. The summed E-state index contributed by atoms with van der Waals surface area (Å²) in [5.74, 6) is -0.0999. The number of rotatable bonds is 1. The molecule has 1 amide bonds. The molecule has 2 aliphatic heterocycles. The topological polar surface area (TPSA) is 66.8 Å². The Balaban J connectivity index is 2.05. The lowest BCUT2D eigenvalue weighted by Crippen LogP contribution is -2.37. The zero-order valence-corrected chi connectivity index (χ0v) is 13.6. The van der Waals surface area contributed by atoms with E-state index < -0.39 is 9.84 Å². The van der Waals surface area contributed by atoms with Crippen LogP contribution in [-0.4, -0.2) is 42.3 Å². The number of benzene rings is 1. The number of amides is 1. The summed E-state index contributed by atoms with van der Waals surface area (Å²) in [5.41, 5.74) is 0.764. The van der Waals surface area contributed by atoms with Gasteiger partial charge in [-0.05, 0) is 18.2 Å². The molecule has 2 saturated heterocycles. The first-order chi connectivity index (χ1) is 9.85. The molecule has 5 nitrogen and oxygen atoms in total. The average molecular weight is 345 g/mol. The first-order valence-corrected chi connectivity index (χ1v) is 9.45. The van der Waals surface area contributed by atoms with Gasteiger partial charge < -0.3 is 4.90 Å². The van der Waals surface area contributed by atoms with Crippen molar-refractivity contribution in [1.82, 2.24) is 0 Å². The first-order valence-electron chi connectivity index (χ1n) is 6.37. The van der Waals surface area contributed by atoms with E-state index in [2.05, 4.69) is 4.99 Å². The maximum atomic E-state index is 11.8. The number of anilines is 1. The predicted molar refractivity (Wildman–Crippen MR) is 85.9 cm³/mol. The van der Waals surface area contributed by atoms with Crippen LogP contribution in [0.4, 0.5) is 5.69 Å². The maximum absolute atomic E-state index is 11.8. The Labute approximate surface area is 132 Å². The smallest absolute Gasteiger partial charge is 0.244 e. The van der Waals surface area contributed by atoms with Crippen LogP contribution < -0.4 is 4.90 Å². The zero-order chi connectivity index (χ0) is 15.2. The van der Waals surface area contributed by atoms with Crippen LogP contribution in [0.2, 0.25) is 5.02 Å². The highest BCUT2D eigenvalue weighted by Gasteiger charge is 2.49. The molecular weight excluding hydrogens is 332 g/mol. The lowest BCUT2D eigenvalue weighted by Gasteiger charge is -2.24. The number of nitrogens with zero attached hydrogens (tertiary/aromatic N) is 2. The van der Waals surface area contributed by atoms with Crippen molar-refractivity contribution >= 4 is 50.0 Å². The van der Waals surface area contributed by atoms with Crippen LogP contribution in [0, 0.1) is 0 Å². The second kappa shape index (κ2) is 5.30. The Morgan fingerprint density at radius 3 is 2.86 bits per heavy atom. The Kier molecular flexibility index (Phi) is 3.75.